The molecule has 0 radical (unpaired) electrons. The van der Waals surface area contributed by atoms with Crippen LogP contribution in [0.3, 0.4) is 0 Å². The average Bonchev–Trinajstić information content (AvgIpc) is 3.07. The molecule has 6 nitrogen and oxygen atoms in total. The van der Waals surface area contributed by atoms with E-state index in [1.54, 1.807) is 20.3 Å². The number of carbonyl (C=O) groups excluding carboxylic acids is 2. The predicted octanol–water partition coefficient (Wildman–Crippen LogP) is 4.53. The van der Waals surface area contributed by atoms with E-state index in [1.165, 1.54) is 4.90 Å². The minimum Gasteiger partial charge on any atom is -0.507 e. The minimum absolute atomic E-state index is 0.0834. The highest BCUT2D eigenvalue weighted by Crippen LogP contribution is 2.42. The van der Waals surface area contributed by atoms with Crippen LogP contribution in [0.2, 0.25) is 0 Å². The molecule has 1 N–H and O–H groups in total. The molecule has 0 aliphatic carbocycles. The Kier molecular flexibility index (Phi) is 6.20. The molecule has 0 bridgehead atoms. The Balaban J connectivity index is 1.98. The van der Waals surface area contributed by atoms with Crippen LogP contribution in [-0.2, 0) is 14.3 Å². The quantitative estimate of drug-likeness (QED) is 0.343. The fourth-order valence-corrected chi connectivity index (χ4v) is 4.52. The lowest BCUT2D eigenvalue weighted by Crippen LogP contribution is -2.32. The molecule has 3 aromatic rings. The lowest BCUT2D eigenvalue weighted by Gasteiger charge is -2.26. The Morgan fingerprint density at radius 2 is 1.73 bits per heavy atom. The van der Waals surface area contributed by atoms with E-state index < -0.39 is 17.7 Å². The van der Waals surface area contributed by atoms with E-state index in [1.807, 2.05) is 62.4 Å². The molecular weight excluding hydrogens is 418 g/mol. The zero-order valence-corrected chi connectivity index (χ0v) is 19.2. The summed E-state index contributed by atoms with van der Waals surface area (Å²) >= 11 is 0. The van der Waals surface area contributed by atoms with Crippen molar-refractivity contribution in [1.82, 2.24) is 4.90 Å². The van der Waals surface area contributed by atoms with Gasteiger partial charge in [0.2, 0.25) is 0 Å². The van der Waals surface area contributed by atoms with Gasteiger partial charge in [-0.15, -0.1) is 0 Å². The molecule has 0 spiro atoms. The predicted molar refractivity (Wildman–Crippen MR) is 127 cm³/mol. The lowest BCUT2D eigenvalue weighted by molar-refractivity contribution is -0.140. The second-order valence-electron chi connectivity index (χ2n) is 8.19. The van der Waals surface area contributed by atoms with Crippen molar-refractivity contribution in [2.75, 3.05) is 27.4 Å². The number of ketones is 1. The number of benzene rings is 3. The number of likely N-dealkylation sites (tertiary alicyclic amines) is 1. The molecule has 1 amide bonds. The van der Waals surface area contributed by atoms with Crippen molar-refractivity contribution in [2.24, 2.45) is 0 Å². The maximum atomic E-state index is 13.3. The maximum Gasteiger partial charge on any atom is 0.295 e. The highest BCUT2D eigenvalue weighted by Gasteiger charge is 2.46. The van der Waals surface area contributed by atoms with E-state index in [-0.39, 0.29) is 24.5 Å². The molecule has 0 saturated carbocycles. The van der Waals surface area contributed by atoms with E-state index in [2.05, 4.69) is 0 Å². The van der Waals surface area contributed by atoms with Gasteiger partial charge in [0.15, 0.2) is 0 Å². The van der Waals surface area contributed by atoms with E-state index in [0.717, 1.165) is 27.5 Å². The van der Waals surface area contributed by atoms with Gasteiger partial charge in [-0.1, -0.05) is 42.5 Å². The Labute approximate surface area is 193 Å². The summed E-state index contributed by atoms with van der Waals surface area (Å²) in [4.78, 5) is 27.8. The summed E-state index contributed by atoms with van der Waals surface area (Å²) in [5.74, 6) is -0.839. The van der Waals surface area contributed by atoms with Gasteiger partial charge in [-0.25, -0.2) is 0 Å². The molecule has 33 heavy (non-hydrogen) atoms. The first-order valence-corrected chi connectivity index (χ1v) is 10.8. The summed E-state index contributed by atoms with van der Waals surface area (Å²) in [5, 5.41) is 13.3. The molecular formula is C27H27NO5. The Morgan fingerprint density at radius 1 is 1.00 bits per heavy atom. The van der Waals surface area contributed by atoms with Crippen LogP contribution in [0.4, 0.5) is 0 Å². The average molecular weight is 446 g/mol. The van der Waals surface area contributed by atoms with Gasteiger partial charge >= 0.3 is 0 Å². The maximum absolute atomic E-state index is 13.3. The number of fused-ring (bicyclic) bond motifs is 1. The number of ether oxygens (including phenoxy) is 2. The number of methoxy groups -OCH3 is 2. The molecule has 1 heterocycles. The summed E-state index contributed by atoms with van der Waals surface area (Å²) < 4.78 is 10.6. The van der Waals surface area contributed by atoms with Gasteiger partial charge in [0.25, 0.3) is 11.7 Å². The van der Waals surface area contributed by atoms with E-state index >= 15 is 0 Å². The SMILES string of the molecule is COCCN1C(=O)C(=O)/C(=C(/O)c2cc(C)c(OC)cc2C)C1c1cccc2ccccc12. The first kappa shape index (κ1) is 22.6. The van der Waals surface area contributed by atoms with Crippen LogP contribution in [-0.4, -0.2) is 49.1 Å². The standard InChI is InChI=1S/C27H27NO5/c1-16-15-22(33-4)17(2)14-21(16)25(29)23-24(28(12-13-32-3)27(31)26(23)30)20-11-7-9-18-8-5-6-10-19(18)20/h5-11,14-15,24,29H,12-13H2,1-4H3/b25-23+. The number of Topliss-reactive ketones (excluding diaryl/α,β-unsaturated/α-hetero) is 1. The summed E-state index contributed by atoms with van der Waals surface area (Å²) in [7, 11) is 3.14. The highest BCUT2D eigenvalue weighted by atomic mass is 16.5. The summed E-state index contributed by atoms with van der Waals surface area (Å²) in [6, 6.07) is 16.5. The lowest BCUT2D eigenvalue weighted by atomic mass is 9.90. The first-order chi connectivity index (χ1) is 15.9. The van der Waals surface area contributed by atoms with Gasteiger partial charge in [-0.2, -0.15) is 0 Å². The molecule has 170 valence electrons. The molecule has 1 saturated heterocycles. The van der Waals surface area contributed by atoms with Crippen molar-refractivity contribution in [3.63, 3.8) is 0 Å². The van der Waals surface area contributed by atoms with Crippen molar-refractivity contribution in [2.45, 2.75) is 19.9 Å². The number of hydrogen-bond acceptors (Lipinski definition) is 5. The van der Waals surface area contributed by atoms with Crippen LogP contribution in [0.25, 0.3) is 16.5 Å². The van der Waals surface area contributed by atoms with Crippen molar-refractivity contribution in [3.05, 3.63) is 82.4 Å². The van der Waals surface area contributed by atoms with Crippen molar-refractivity contribution < 1.29 is 24.2 Å². The summed E-state index contributed by atoms with van der Waals surface area (Å²) in [5.41, 5.74) is 2.94. The number of aryl methyl sites for hydroxylation is 2. The molecule has 1 aliphatic rings. The van der Waals surface area contributed by atoms with Gasteiger partial charge in [0, 0.05) is 19.2 Å². The second kappa shape index (κ2) is 9.08. The van der Waals surface area contributed by atoms with Crippen molar-refractivity contribution >= 4 is 28.2 Å². The van der Waals surface area contributed by atoms with Crippen LogP contribution >= 0.6 is 0 Å². The van der Waals surface area contributed by atoms with Gasteiger partial charge < -0.3 is 19.5 Å². The fraction of sp³-hybridized carbons (Fsp3) is 0.259. The van der Waals surface area contributed by atoms with Crippen LogP contribution in [0.1, 0.15) is 28.3 Å². The molecule has 6 heteroatoms. The minimum atomic E-state index is -0.729. The van der Waals surface area contributed by atoms with E-state index in [4.69, 9.17) is 9.47 Å². The number of carbonyl (C=O) groups is 2. The molecule has 1 fully saturated rings. The monoisotopic (exact) mass is 445 g/mol. The van der Waals surface area contributed by atoms with Crippen LogP contribution in [0.5, 0.6) is 5.75 Å². The smallest absolute Gasteiger partial charge is 0.295 e. The topological polar surface area (TPSA) is 76.1 Å². The molecule has 1 unspecified atom stereocenters. The third-order valence-electron chi connectivity index (χ3n) is 6.19. The Morgan fingerprint density at radius 3 is 2.45 bits per heavy atom. The number of aliphatic hydroxyl groups excluding tert-OH is 1. The molecule has 1 aliphatic heterocycles. The number of nitrogens with zero attached hydrogens (tertiary/aromatic N) is 1. The first-order valence-electron chi connectivity index (χ1n) is 10.8. The third-order valence-corrected chi connectivity index (χ3v) is 6.19. The number of amides is 1. The summed E-state index contributed by atoms with van der Waals surface area (Å²) in [6.45, 7) is 4.21. The largest absolute Gasteiger partial charge is 0.507 e. The van der Waals surface area contributed by atoms with Gasteiger partial charge in [0.1, 0.15) is 11.5 Å². The van der Waals surface area contributed by atoms with Crippen LogP contribution in [0, 0.1) is 13.8 Å². The number of hydrogen-bond donors (Lipinski definition) is 1. The van der Waals surface area contributed by atoms with E-state index in [9.17, 15) is 14.7 Å². The summed E-state index contributed by atoms with van der Waals surface area (Å²) in [6.07, 6.45) is 0. The Bertz CT molecular complexity index is 1270. The van der Waals surface area contributed by atoms with Gasteiger partial charge in [-0.05, 0) is 53.4 Å². The Hall–Kier alpha value is -3.64. The number of rotatable bonds is 6. The van der Waals surface area contributed by atoms with E-state index in [0.29, 0.717) is 11.3 Å². The second-order valence-corrected chi connectivity index (χ2v) is 8.19. The van der Waals surface area contributed by atoms with Crippen molar-refractivity contribution in [3.8, 4) is 5.75 Å². The third kappa shape index (κ3) is 3.87. The fourth-order valence-electron chi connectivity index (χ4n) is 4.52. The molecule has 4 rings (SSSR count). The van der Waals surface area contributed by atoms with Gasteiger partial charge in [0.05, 0.1) is 25.3 Å². The van der Waals surface area contributed by atoms with Crippen LogP contribution < -0.4 is 4.74 Å². The molecule has 1 atom stereocenters. The molecule has 3 aromatic carbocycles. The van der Waals surface area contributed by atoms with Gasteiger partial charge in [-0.3, -0.25) is 9.59 Å². The zero-order chi connectivity index (χ0) is 23.7. The zero-order valence-electron chi connectivity index (χ0n) is 19.2. The van der Waals surface area contributed by atoms with Crippen molar-refractivity contribution in [1.29, 1.82) is 0 Å². The number of aliphatic hydroxyl groups is 1. The van der Waals surface area contributed by atoms with Crippen LogP contribution in [0.15, 0.2) is 60.2 Å². The highest BCUT2D eigenvalue weighted by molar-refractivity contribution is 6.46. The normalized spacial score (nSPS) is 17.7. The molecule has 0 aromatic heterocycles.